The van der Waals surface area contributed by atoms with Gasteiger partial charge in [-0.15, -0.1) is 24.0 Å². The molecule has 9 heteroatoms. The van der Waals surface area contributed by atoms with Crippen LogP contribution in [0.5, 0.6) is 0 Å². The van der Waals surface area contributed by atoms with Crippen LogP contribution in [-0.2, 0) is 9.59 Å². The predicted molar refractivity (Wildman–Crippen MR) is 135 cm³/mol. The van der Waals surface area contributed by atoms with Gasteiger partial charge in [-0.1, -0.05) is 25.1 Å². The van der Waals surface area contributed by atoms with Crippen molar-refractivity contribution in [3.8, 4) is 0 Å². The van der Waals surface area contributed by atoms with Crippen molar-refractivity contribution in [1.82, 2.24) is 20.4 Å². The average Bonchev–Trinajstić information content (AvgIpc) is 3.26. The summed E-state index contributed by atoms with van der Waals surface area (Å²) in [6, 6.07) is 10.5. The average molecular weight is 542 g/mol. The smallest absolute Gasteiger partial charge is 0.244 e. The van der Waals surface area contributed by atoms with E-state index >= 15 is 0 Å². The number of benzene rings is 1. The maximum Gasteiger partial charge on any atom is 0.244 e. The molecule has 2 aliphatic heterocycles. The van der Waals surface area contributed by atoms with Crippen molar-refractivity contribution in [2.45, 2.75) is 32.7 Å². The first-order valence-corrected chi connectivity index (χ1v) is 11.0. The van der Waals surface area contributed by atoms with Crippen LogP contribution in [0.1, 0.15) is 26.7 Å². The molecular weight excluding hydrogens is 507 g/mol. The van der Waals surface area contributed by atoms with Crippen molar-refractivity contribution >= 4 is 47.4 Å². The number of guanidine groups is 1. The quantitative estimate of drug-likeness (QED) is 0.324. The van der Waals surface area contributed by atoms with Crippen molar-refractivity contribution in [2.75, 3.05) is 57.3 Å². The molecular formula is C22H35IN6O2. The highest BCUT2D eigenvalue weighted by molar-refractivity contribution is 14.0. The van der Waals surface area contributed by atoms with Gasteiger partial charge < -0.3 is 25.3 Å². The molecule has 0 spiro atoms. The molecule has 1 aromatic rings. The lowest BCUT2D eigenvalue weighted by Crippen LogP contribution is -2.50. The zero-order valence-corrected chi connectivity index (χ0v) is 20.9. The maximum absolute atomic E-state index is 12.7. The molecule has 2 aliphatic rings. The molecule has 0 aliphatic carbocycles. The Hall–Kier alpha value is -2.04. The predicted octanol–water partition coefficient (Wildman–Crippen LogP) is 1.52. The van der Waals surface area contributed by atoms with E-state index < -0.39 is 0 Å². The summed E-state index contributed by atoms with van der Waals surface area (Å²) in [5.74, 6) is 0.879. The molecule has 3 rings (SSSR count). The van der Waals surface area contributed by atoms with E-state index in [4.69, 9.17) is 0 Å². The number of anilines is 1. The van der Waals surface area contributed by atoms with E-state index in [2.05, 4.69) is 32.7 Å². The normalized spacial score (nSPS) is 19.1. The van der Waals surface area contributed by atoms with E-state index in [1.54, 1.807) is 0 Å². The first-order chi connectivity index (χ1) is 14.6. The van der Waals surface area contributed by atoms with Crippen LogP contribution in [-0.4, -0.2) is 86.0 Å². The van der Waals surface area contributed by atoms with Crippen LogP contribution in [0, 0.1) is 0 Å². The van der Waals surface area contributed by atoms with Crippen LogP contribution < -0.4 is 15.5 Å². The number of carbonyl (C=O) groups is 2. The fraction of sp³-hybridized carbons (Fsp3) is 0.591. The Morgan fingerprint density at radius 1 is 1.00 bits per heavy atom. The number of halogens is 1. The monoisotopic (exact) mass is 542 g/mol. The number of amides is 2. The zero-order valence-electron chi connectivity index (χ0n) is 18.5. The Kier molecular flexibility index (Phi) is 10.4. The third-order valence-electron chi connectivity index (χ3n) is 5.65. The standard InChI is InChI=1S/C22H34N6O2.HI/c1-3-20(29)28-11-10-18(17-28)25-22(23-4-2)24-16-21(30)27-14-12-26(13-15-27)19-8-6-5-7-9-19;/h5-9,18H,3-4,10-17H2,1-2H3,(H2,23,24,25);1H. The minimum atomic E-state index is 0. The summed E-state index contributed by atoms with van der Waals surface area (Å²) in [6.07, 6.45) is 1.43. The first-order valence-electron chi connectivity index (χ1n) is 11.0. The van der Waals surface area contributed by atoms with Crippen LogP contribution in [0.3, 0.4) is 0 Å². The van der Waals surface area contributed by atoms with Gasteiger partial charge in [0.2, 0.25) is 11.8 Å². The third kappa shape index (κ3) is 7.26. The van der Waals surface area contributed by atoms with Crippen LogP contribution in [0.4, 0.5) is 5.69 Å². The fourth-order valence-electron chi connectivity index (χ4n) is 3.94. The van der Waals surface area contributed by atoms with Gasteiger partial charge in [0.1, 0.15) is 6.54 Å². The van der Waals surface area contributed by atoms with Crippen molar-refractivity contribution in [3.63, 3.8) is 0 Å². The Balaban J connectivity index is 0.00000341. The molecule has 2 amide bonds. The lowest BCUT2D eigenvalue weighted by molar-refractivity contribution is -0.130. The minimum absolute atomic E-state index is 0. The molecule has 1 aromatic carbocycles. The number of nitrogens with zero attached hydrogens (tertiary/aromatic N) is 4. The van der Waals surface area contributed by atoms with Crippen LogP contribution in [0.2, 0.25) is 0 Å². The molecule has 0 aromatic heterocycles. The summed E-state index contributed by atoms with van der Waals surface area (Å²) in [7, 11) is 0. The Morgan fingerprint density at radius 2 is 1.71 bits per heavy atom. The Morgan fingerprint density at radius 3 is 2.35 bits per heavy atom. The van der Waals surface area contributed by atoms with Gasteiger partial charge in [0.15, 0.2) is 5.96 Å². The second-order valence-corrected chi connectivity index (χ2v) is 7.72. The number of hydrogen-bond donors (Lipinski definition) is 2. The molecule has 8 nitrogen and oxygen atoms in total. The SMILES string of the molecule is CCNC(=NCC(=O)N1CCN(c2ccccc2)CC1)NC1CCN(C(=O)CC)C1.I. The van der Waals surface area contributed by atoms with Crippen LogP contribution in [0.15, 0.2) is 35.3 Å². The van der Waals surface area contributed by atoms with E-state index in [9.17, 15) is 9.59 Å². The summed E-state index contributed by atoms with van der Waals surface area (Å²) >= 11 is 0. The van der Waals surface area contributed by atoms with E-state index in [1.807, 2.05) is 41.8 Å². The van der Waals surface area contributed by atoms with E-state index in [-0.39, 0.29) is 48.4 Å². The molecule has 2 saturated heterocycles. The largest absolute Gasteiger partial charge is 0.368 e. The number of para-hydroxylation sites is 1. The number of hydrogen-bond acceptors (Lipinski definition) is 4. The molecule has 0 radical (unpaired) electrons. The lowest BCUT2D eigenvalue weighted by Gasteiger charge is -2.36. The maximum atomic E-state index is 12.7. The summed E-state index contributed by atoms with van der Waals surface area (Å²) in [6.45, 7) is 9.30. The van der Waals surface area contributed by atoms with Gasteiger partial charge in [0, 0.05) is 64.0 Å². The van der Waals surface area contributed by atoms with Gasteiger partial charge in [0.05, 0.1) is 0 Å². The third-order valence-corrected chi connectivity index (χ3v) is 5.65. The number of likely N-dealkylation sites (tertiary alicyclic amines) is 1. The van der Waals surface area contributed by atoms with Gasteiger partial charge in [0.25, 0.3) is 0 Å². The second kappa shape index (κ2) is 12.7. The highest BCUT2D eigenvalue weighted by Gasteiger charge is 2.26. The molecule has 2 heterocycles. The minimum Gasteiger partial charge on any atom is -0.368 e. The molecule has 0 bridgehead atoms. The van der Waals surface area contributed by atoms with Gasteiger partial charge in [-0.05, 0) is 25.5 Å². The highest BCUT2D eigenvalue weighted by Crippen LogP contribution is 2.15. The van der Waals surface area contributed by atoms with Crippen molar-refractivity contribution < 1.29 is 9.59 Å². The molecule has 0 saturated carbocycles. The topological polar surface area (TPSA) is 80.3 Å². The highest BCUT2D eigenvalue weighted by atomic mass is 127. The van der Waals surface area contributed by atoms with Crippen molar-refractivity contribution in [2.24, 2.45) is 4.99 Å². The molecule has 31 heavy (non-hydrogen) atoms. The zero-order chi connectivity index (χ0) is 21.3. The number of aliphatic imine (C=N–C) groups is 1. The molecule has 172 valence electrons. The van der Waals surface area contributed by atoms with Crippen LogP contribution in [0.25, 0.3) is 0 Å². The summed E-state index contributed by atoms with van der Waals surface area (Å²) in [4.78, 5) is 35.1. The van der Waals surface area contributed by atoms with Gasteiger partial charge in [-0.25, -0.2) is 4.99 Å². The van der Waals surface area contributed by atoms with E-state index in [0.717, 1.165) is 32.6 Å². The lowest BCUT2D eigenvalue weighted by atomic mass is 10.2. The Labute approximate surface area is 202 Å². The molecule has 1 atom stereocenters. The van der Waals surface area contributed by atoms with E-state index in [0.29, 0.717) is 32.0 Å². The summed E-state index contributed by atoms with van der Waals surface area (Å²) in [5, 5.41) is 6.59. The van der Waals surface area contributed by atoms with Gasteiger partial charge in [-0.2, -0.15) is 0 Å². The second-order valence-electron chi connectivity index (χ2n) is 7.72. The molecule has 1 unspecified atom stereocenters. The summed E-state index contributed by atoms with van der Waals surface area (Å²) < 4.78 is 0. The van der Waals surface area contributed by atoms with Gasteiger partial charge in [-0.3, -0.25) is 9.59 Å². The number of piperazine rings is 1. The summed E-state index contributed by atoms with van der Waals surface area (Å²) in [5.41, 5.74) is 1.20. The Bertz CT molecular complexity index is 737. The number of rotatable bonds is 6. The van der Waals surface area contributed by atoms with Crippen molar-refractivity contribution in [3.05, 3.63) is 30.3 Å². The molecule has 2 fully saturated rings. The first kappa shape index (κ1) is 25.2. The number of carbonyl (C=O) groups excluding carboxylic acids is 2. The van der Waals surface area contributed by atoms with Crippen LogP contribution >= 0.6 is 24.0 Å². The van der Waals surface area contributed by atoms with Crippen molar-refractivity contribution in [1.29, 1.82) is 0 Å². The van der Waals surface area contributed by atoms with E-state index in [1.165, 1.54) is 5.69 Å². The number of nitrogens with one attached hydrogen (secondary N) is 2. The fourth-order valence-corrected chi connectivity index (χ4v) is 3.94. The van der Waals surface area contributed by atoms with Gasteiger partial charge >= 0.3 is 0 Å². The molecule has 2 N–H and O–H groups in total.